The van der Waals surface area contributed by atoms with Crippen molar-refractivity contribution in [2.45, 2.75) is 13.0 Å². The Balaban J connectivity index is 1.95. The zero-order valence-corrected chi connectivity index (χ0v) is 12.3. The lowest BCUT2D eigenvalue weighted by Gasteiger charge is -2.19. The standard InChI is InChI=1S/C17H15ClN2O/c1-11-2-4-13(5-3-11)16-10-15(20-17(19)21-16)12-6-8-14(18)9-7-12/h2-10,15H,1H3,(H2,19,20). The van der Waals surface area contributed by atoms with Crippen molar-refractivity contribution in [1.82, 2.24) is 0 Å². The molecule has 0 spiro atoms. The molecular weight excluding hydrogens is 284 g/mol. The number of halogens is 1. The minimum atomic E-state index is -0.160. The first-order valence-electron chi connectivity index (χ1n) is 6.67. The Labute approximate surface area is 128 Å². The zero-order chi connectivity index (χ0) is 14.8. The van der Waals surface area contributed by atoms with Gasteiger partial charge in [0.1, 0.15) is 11.8 Å². The second kappa shape index (κ2) is 5.62. The van der Waals surface area contributed by atoms with Gasteiger partial charge in [0.2, 0.25) is 0 Å². The maximum absolute atomic E-state index is 5.92. The number of hydrogen-bond acceptors (Lipinski definition) is 3. The molecule has 3 rings (SSSR count). The van der Waals surface area contributed by atoms with E-state index in [1.807, 2.05) is 61.5 Å². The Bertz CT molecular complexity index is 703. The average molecular weight is 299 g/mol. The molecule has 0 aromatic heterocycles. The van der Waals surface area contributed by atoms with Gasteiger partial charge in [0.15, 0.2) is 0 Å². The minimum absolute atomic E-state index is 0.160. The van der Waals surface area contributed by atoms with Crippen molar-refractivity contribution in [2.24, 2.45) is 10.7 Å². The van der Waals surface area contributed by atoms with Gasteiger partial charge in [0.05, 0.1) is 0 Å². The van der Waals surface area contributed by atoms with Crippen LogP contribution in [0.4, 0.5) is 0 Å². The number of hydrogen-bond donors (Lipinski definition) is 1. The predicted molar refractivity (Wildman–Crippen MR) is 86.1 cm³/mol. The molecule has 1 atom stereocenters. The Morgan fingerprint density at radius 2 is 1.71 bits per heavy atom. The van der Waals surface area contributed by atoms with Gasteiger partial charge in [-0.1, -0.05) is 53.6 Å². The Hall–Kier alpha value is -2.26. The van der Waals surface area contributed by atoms with Crippen molar-refractivity contribution in [2.75, 3.05) is 0 Å². The van der Waals surface area contributed by atoms with E-state index >= 15 is 0 Å². The molecule has 2 aromatic carbocycles. The lowest BCUT2D eigenvalue weighted by molar-refractivity contribution is 0.476. The molecule has 1 unspecified atom stereocenters. The molecule has 0 radical (unpaired) electrons. The van der Waals surface area contributed by atoms with Crippen molar-refractivity contribution in [1.29, 1.82) is 0 Å². The van der Waals surface area contributed by atoms with Gasteiger partial charge >= 0.3 is 0 Å². The number of benzene rings is 2. The topological polar surface area (TPSA) is 47.6 Å². The smallest absolute Gasteiger partial charge is 0.288 e. The molecule has 106 valence electrons. The molecule has 0 saturated carbocycles. The lowest BCUT2D eigenvalue weighted by Crippen LogP contribution is -2.20. The van der Waals surface area contributed by atoms with Crippen LogP contribution in [0.1, 0.15) is 22.7 Å². The van der Waals surface area contributed by atoms with Gasteiger partial charge in [-0.3, -0.25) is 0 Å². The van der Waals surface area contributed by atoms with Gasteiger partial charge < -0.3 is 10.5 Å². The Kier molecular flexibility index (Phi) is 3.67. The van der Waals surface area contributed by atoms with Crippen LogP contribution in [-0.4, -0.2) is 6.02 Å². The summed E-state index contributed by atoms with van der Waals surface area (Å²) >= 11 is 5.92. The van der Waals surface area contributed by atoms with E-state index in [1.165, 1.54) is 5.56 Å². The number of aryl methyl sites for hydroxylation is 1. The van der Waals surface area contributed by atoms with Crippen LogP contribution < -0.4 is 5.73 Å². The molecule has 4 heteroatoms. The van der Waals surface area contributed by atoms with E-state index in [-0.39, 0.29) is 12.1 Å². The third-order valence-electron chi connectivity index (χ3n) is 3.34. The molecule has 0 aliphatic carbocycles. The van der Waals surface area contributed by atoms with Crippen LogP contribution in [0.5, 0.6) is 0 Å². The summed E-state index contributed by atoms with van der Waals surface area (Å²) < 4.78 is 5.55. The number of ether oxygens (including phenoxy) is 1. The highest BCUT2D eigenvalue weighted by molar-refractivity contribution is 6.30. The maximum atomic E-state index is 5.92. The summed E-state index contributed by atoms with van der Waals surface area (Å²) in [4.78, 5) is 4.33. The van der Waals surface area contributed by atoms with Gasteiger partial charge in [-0.2, -0.15) is 0 Å². The van der Waals surface area contributed by atoms with Crippen LogP contribution >= 0.6 is 11.6 Å². The quantitative estimate of drug-likeness (QED) is 0.908. The fourth-order valence-electron chi connectivity index (χ4n) is 2.19. The molecule has 1 aliphatic heterocycles. The number of rotatable bonds is 2. The van der Waals surface area contributed by atoms with Gasteiger partial charge in [0, 0.05) is 10.6 Å². The molecule has 1 heterocycles. The van der Waals surface area contributed by atoms with Gasteiger partial charge in [0.25, 0.3) is 6.02 Å². The van der Waals surface area contributed by atoms with Crippen molar-refractivity contribution in [3.8, 4) is 0 Å². The first-order chi connectivity index (χ1) is 10.1. The van der Waals surface area contributed by atoms with E-state index in [9.17, 15) is 0 Å². The van der Waals surface area contributed by atoms with E-state index in [4.69, 9.17) is 22.1 Å². The third-order valence-corrected chi connectivity index (χ3v) is 3.59. The van der Waals surface area contributed by atoms with Crippen LogP contribution in [0.15, 0.2) is 59.6 Å². The van der Waals surface area contributed by atoms with Crippen LogP contribution in [0.3, 0.4) is 0 Å². The molecule has 2 aromatic rings. The summed E-state index contributed by atoms with van der Waals surface area (Å²) in [5.41, 5.74) is 9.02. The molecule has 3 nitrogen and oxygen atoms in total. The number of nitrogens with zero attached hydrogens (tertiary/aromatic N) is 1. The average Bonchev–Trinajstić information content (AvgIpc) is 2.48. The summed E-state index contributed by atoms with van der Waals surface area (Å²) in [6.45, 7) is 2.05. The molecule has 0 amide bonds. The fraction of sp³-hybridized carbons (Fsp3) is 0.118. The molecule has 21 heavy (non-hydrogen) atoms. The van der Waals surface area contributed by atoms with Crippen molar-refractivity contribution in [3.05, 3.63) is 76.3 Å². The summed E-state index contributed by atoms with van der Waals surface area (Å²) in [5.74, 6) is 0.724. The molecular formula is C17H15ClN2O. The maximum Gasteiger partial charge on any atom is 0.288 e. The van der Waals surface area contributed by atoms with Crippen molar-refractivity contribution in [3.63, 3.8) is 0 Å². The van der Waals surface area contributed by atoms with Gasteiger partial charge in [-0.25, -0.2) is 4.99 Å². The van der Waals surface area contributed by atoms with Gasteiger partial charge in [-0.05, 0) is 30.7 Å². The van der Waals surface area contributed by atoms with Crippen LogP contribution in [0, 0.1) is 6.92 Å². The van der Waals surface area contributed by atoms with E-state index in [0.717, 1.165) is 16.9 Å². The first kappa shape index (κ1) is 13.7. The van der Waals surface area contributed by atoms with Crippen molar-refractivity contribution < 1.29 is 4.74 Å². The highest BCUT2D eigenvalue weighted by atomic mass is 35.5. The van der Waals surface area contributed by atoms with Crippen LogP contribution in [0.2, 0.25) is 5.02 Å². The van der Waals surface area contributed by atoms with E-state index < -0.39 is 0 Å². The molecule has 0 fully saturated rings. The normalized spacial score (nSPS) is 17.7. The molecule has 0 bridgehead atoms. The second-order valence-electron chi connectivity index (χ2n) is 4.96. The lowest BCUT2D eigenvalue weighted by atomic mass is 10.0. The summed E-state index contributed by atoms with van der Waals surface area (Å²) in [5, 5.41) is 0.700. The highest BCUT2D eigenvalue weighted by Crippen LogP contribution is 2.29. The largest absolute Gasteiger partial charge is 0.426 e. The van der Waals surface area contributed by atoms with E-state index in [1.54, 1.807) is 0 Å². The van der Waals surface area contributed by atoms with Gasteiger partial charge in [-0.15, -0.1) is 0 Å². The third kappa shape index (κ3) is 3.09. The first-order valence-corrected chi connectivity index (χ1v) is 7.05. The number of amidine groups is 1. The molecule has 1 aliphatic rings. The fourth-order valence-corrected chi connectivity index (χ4v) is 2.32. The Morgan fingerprint density at radius 3 is 2.38 bits per heavy atom. The Morgan fingerprint density at radius 1 is 1.05 bits per heavy atom. The van der Waals surface area contributed by atoms with Crippen molar-refractivity contribution >= 4 is 23.4 Å². The molecule has 0 saturated heterocycles. The van der Waals surface area contributed by atoms with E-state index in [0.29, 0.717) is 5.02 Å². The van der Waals surface area contributed by atoms with Crippen LogP contribution in [0.25, 0.3) is 5.76 Å². The summed E-state index contributed by atoms with van der Waals surface area (Å²) in [6, 6.07) is 15.7. The number of nitrogens with two attached hydrogens (primary N) is 1. The highest BCUT2D eigenvalue weighted by Gasteiger charge is 2.18. The minimum Gasteiger partial charge on any atom is -0.426 e. The monoisotopic (exact) mass is 298 g/mol. The predicted octanol–water partition coefficient (Wildman–Crippen LogP) is 4.08. The molecule has 2 N–H and O–H groups in total. The van der Waals surface area contributed by atoms with Crippen LogP contribution in [-0.2, 0) is 4.74 Å². The summed E-state index contributed by atoms with van der Waals surface area (Å²) in [6.07, 6.45) is 1.96. The second-order valence-corrected chi connectivity index (χ2v) is 5.40. The van der Waals surface area contributed by atoms with E-state index in [2.05, 4.69) is 4.99 Å². The SMILES string of the molecule is Cc1ccc(C2=CC(c3ccc(Cl)cc3)N=C(N)O2)cc1. The summed E-state index contributed by atoms with van der Waals surface area (Å²) in [7, 11) is 0. The number of aliphatic imine (C=N–C) groups is 1. The zero-order valence-electron chi connectivity index (χ0n) is 11.6.